The highest BCUT2D eigenvalue weighted by Gasteiger charge is 2.50. The molecule has 8 nitrogen and oxygen atoms in total. The van der Waals surface area contributed by atoms with Crippen LogP contribution in [-0.4, -0.2) is 68.6 Å². The molecule has 4 saturated heterocycles. The first-order chi connectivity index (χ1) is 19.1. The van der Waals surface area contributed by atoms with Crippen LogP contribution in [0.4, 0.5) is 0 Å². The van der Waals surface area contributed by atoms with Gasteiger partial charge in [0.25, 0.3) is 5.91 Å². The highest BCUT2D eigenvalue weighted by Crippen LogP contribution is 2.40. The van der Waals surface area contributed by atoms with Gasteiger partial charge in [-0.25, -0.2) is 4.79 Å². The van der Waals surface area contributed by atoms with Crippen molar-refractivity contribution in [2.75, 3.05) is 39.5 Å². The second kappa shape index (κ2) is 11.7. The van der Waals surface area contributed by atoms with Gasteiger partial charge in [0.15, 0.2) is 11.8 Å². The summed E-state index contributed by atoms with van der Waals surface area (Å²) >= 11 is 0. The Morgan fingerprint density at radius 3 is 2.64 bits per heavy atom. The van der Waals surface area contributed by atoms with Gasteiger partial charge < -0.3 is 24.3 Å². The van der Waals surface area contributed by atoms with Crippen LogP contribution >= 0.6 is 0 Å². The minimum Gasteiger partial charge on any atom is -0.494 e. The Bertz CT molecular complexity index is 1170. The van der Waals surface area contributed by atoms with E-state index in [-0.39, 0.29) is 24.3 Å². The van der Waals surface area contributed by atoms with E-state index in [1.165, 1.54) is 0 Å². The largest absolute Gasteiger partial charge is 0.494 e. The lowest BCUT2D eigenvalue weighted by Crippen LogP contribution is -2.56. The predicted molar refractivity (Wildman–Crippen MR) is 144 cm³/mol. The van der Waals surface area contributed by atoms with E-state index in [0.717, 1.165) is 62.9 Å². The van der Waals surface area contributed by atoms with Gasteiger partial charge in [-0.05, 0) is 93.3 Å². The summed E-state index contributed by atoms with van der Waals surface area (Å²) in [5.41, 5.74) is 1.18. The Labute approximate surface area is 229 Å². The van der Waals surface area contributed by atoms with Gasteiger partial charge in [0.2, 0.25) is 0 Å². The average Bonchev–Trinajstić information content (AvgIpc) is 3.63. The molecule has 4 aliphatic heterocycles. The molecule has 0 spiro atoms. The third-order valence-corrected chi connectivity index (χ3v) is 8.67. The number of piperidine rings is 3. The van der Waals surface area contributed by atoms with Gasteiger partial charge in [-0.1, -0.05) is 30.3 Å². The van der Waals surface area contributed by atoms with E-state index in [1.54, 1.807) is 12.1 Å². The topological polar surface area (TPSA) is 86.3 Å². The van der Waals surface area contributed by atoms with Gasteiger partial charge in [-0.2, -0.15) is 0 Å². The summed E-state index contributed by atoms with van der Waals surface area (Å²) in [5.74, 6) is 0.378. The zero-order chi connectivity index (χ0) is 26.7. The lowest BCUT2D eigenvalue weighted by Gasteiger charge is -2.45. The maximum atomic E-state index is 13.9. The second-order valence-electron chi connectivity index (χ2n) is 11.1. The summed E-state index contributed by atoms with van der Waals surface area (Å²) in [6.45, 7) is 4.81. The molecule has 2 aromatic carbocycles. The molecule has 8 heteroatoms. The molecule has 2 atom stereocenters. The molecule has 208 valence electrons. The maximum Gasteiger partial charge on any atom is 0.336 e. The SMILES string of the molecule is O=C(N[C@]1(C(=O)OC2CN3CCC2CC3)CCc2ccccc21)c1cccc(OCCCCC2OCCO2)c1. The van der Waals surface area contributed by atoms with Crippen molar-refractivity contribution in [1.82, 2.24) is 10.2 Å². The predicted octanol–water partition coefficient (Wildman–Crippen LogP) is 3.82. The fraction of sp³-hybridized carbons (Fsp3) is 0.548. The van der Waals surface area contributed by atoms with Gasteiger partial charge in [-0.15, -0.1) is 0 Å². The highest BCUT2D eigenvalue weighted by molar-refractivity contribution is 5.99. The first-order valence-corrected chi connectivity index (χ1v) is 14.4. The van der Waals surface area contributed by atoms with Crippen LogP contribution in [0.15, 0.2) is 48.5 Å². The molecule has 4 heterocycles. The van der Waals surface area contributed by atoms with Crippen molar-refractivity contribution >= 4 is 11.9 Å². The Kier molecular flexibility index (Phi) is 7.86. The number of carbonyl (C=O) groups excluding carboxylic acids is 2. The molecular formula is C31H38N2O6. The van der Waals surface area contributed by atoms with Gasteiger partial charge in [0.05, 0.1) is 19.8 Å². The van der Waals surface area contributed by atoms with Crippen molar-refractivity contribution in [2.24, 2.45) is 5.92 Å². The first kappa shape index (κ1) is 26.3. The molecule has 2 bridgehead atoms. The number of hydrogen-bond donors (Lipinski definition) is 1. The summed E-state index contributed by atoms with van der Waals surface area (Å²) in [6, 6.07) is 15.0. The van der Waals surface area contributed by atoms with Crippen molar-refractivity contribution in [3.8, 4) is 5.75 Å². The minimum absolute atomic E-state index is 0.0949. The highest BCUT2D eigenvalue weighted by atomic mass is 16.7. The van der Waals surface area contributed by atoms with Gasteiger partial charge in [0.1, 0.15) is 11.9 Å². The van der Waals surface area contributed by atoms with Crippen LogP contribution in [0.3, 0.4) is 0 Å². The van der Waals surface area contributed by atoms with Crippen LogP contribution in [0.1, 0.15) is 60.0 Å². The number of nitrogens with zero attached hydrogens (tertiary/aromatic N) is 1. The van der Waals surface area contributed by atoms with E-state index in [0.29, 0.717) is 49.9 Å². The summed E-state index contributed by atoms with van der Waals surface area (Å²) in [6.07, 6.45) is 5.76. The number of esters is 1. The average molecular weight is 535 g/mol. The quantitative estimate of drug-likeness (QED) is 0.366. The number of aryl methyl sites for hydroxylation is 1. The third-order valence-electron chi connectivity index (χ3n) is 8.67. The van der Waals surface area contributed by atoms with Crippen molar-refractivity contribution in [2.45, 2.75) is 62.9 Å². The Hall–Kier alpha value is -2.94. The molecular weight excluding hydrogens is 496 g/mol. The van der Waals surface area contributed by atoms with E-state index in [4.69, 9.17) is 18.9 Å². The molecule has 0 radical (unpaired) electrons. The van der Waals surface area contributed by atoms with Crippen LogP contribution in [0.2, 0.25) is 0 Å². The van der Waals surface area contributed by atoms with E-state index < -0.39 is 5.54 Å². The molecule has 7 rings (SSSR count). The minimum atomic E-state index is -1.19. The molecule has 0 saturated carbocycles. The molecule has 5 aliphatic rings. The van der Waals surface area contributed by atoms with Crippen LogP contribution in [0, 0.1) is 5.92 Å². The van der Waals surface area contributed by atoms with E-state index in [1.807, 2.05) is 36.4 Å². The standard InChI is InChI=1S/C31H38N2O6/c34-29(24-7-5-8-25(20-24)36-17-4-3-10-28-37-18-19-38-28)32-31(14-11-22-6-1-2-9-26(22)31)30(35)39-27-21-33-15-12-23(27)13-16-33/h1-2,5-9,20,23,27-28H,3-4,10-19,21H2,(H,32,34)/t27?,31-/m1/s1. The van der Waals surface area contributed by atoms with Crippen molar-refractivity contribution < 1.29 is 28.5 Å². The van der Waals surface area contributed by atoms with Gasteiger partial charge in [0, 0.05) is 12.1 Å². The van der Waals surface area contributed by atoms with E-state index in [9.17, 15) is 9.59 Å². The van der Waals surface area contributed by atoms with Crippen molar-refractivity contribution in [1.29, 1.82) is 0 Å². The fourth-order valence-electron chi connectivity index (χ4n) is 6.46. The molecule has 1 amide bonds. The lowest BCUT2D eigenvalue weighted by molar-refractivity contribution is -0.167. The third kappa shape index (κ3) is 5.69. The summed E-state index contributed by atoms with van der Waals surface area (Å²) < 4.78 is 23.1. The number of rotatable bonds is 10. The maximum absolute atomic E-state index is 13.9. The molecule has 39 heavy (non-hydrogen) atoms. The van der Waals surface area contributed by atoms with E-state index in [2.05, 4.69) is 10.2 Å². The van der Waals surface area contributed by atoms with Crippen LogP contribution in [0.5, 0.6) is 5.75 Å². The second-order valence-corrected chi connectivity index (χ2v) is 11.1. The number of ether oxygens (including phenoxy) is 4. The number of amides is 1. The van der Waals surface area contributed by atoms with Gasteiger partial charge >= 0.3 is 5.97 Å². The van der Waals surface area contributed by atoms with Crippen LogP contribution in [0.25, 0.3) is 0 Å². The normalized spacial score (nSPS) is 27.7. The zero-order valence-electron chi connectivity index (χ0n) is 22.4. The first-order valence-electron chi connectivity index (χ1n) is 14.4. The number of benzene rings is 2. The smallest absolute Gasteiger partial charge is 0.336 e. The Morgan fingerprint density at radius 2 is 1.85 bits per heavy atom. The van der Waals surface area contributed by atoms with E-state index >= 15 is 0 Å². The summed E-state index contributed by atoms with van der Waals surface area (Å²) in [4.78, 5) is 29.9. The summed E-state index contributed by atoms with van der Waals surface area (Å²) in [5, 5.41) is 3.12. The Morgan fingerprint density at radius 1 is 1.03 bits per heavy atom. The lowest BCUT2D eigenvalue weighted by atomic mass is 9.85. The number of nitrogens with one attached hydrogen (secondary N) is 1. The number of unbranched alkanes of at least 4 members (excludes halogenated alkanes) is 1. The number of carbonyl (C=O) groups is 2. The molecule has 0 aromatic heterocycles. The molecule has 2 aromatic rings. The molecule has 1 N–H and O–H groups in total. The summed E-state index contributed by atoms with van der Waals surface area (Å²) in [7, 11) is 0. The fourth-order valence-corrected chi connectivity index (χ4v) is 6.46. The molecule has 1 unspecified atom stereocenters. The van der Waals surface area contributed by atoms with Gasteiger partial charge in [-0.3, -0.25) is 9.69 Å². The zero-order valence-corrected chi connectivity index (χ0v) is 22.4. The Balaban J connectivity index is 1.12. The van der Waals surface area contributed by atoms with Crippen LogP contribution < -0.4 is 10.1 Å². The molecule has 1 aliphatic carbocycles. The monoisotopic (exact) mass is 534 g/mol. The van der Waals surface area contributed by atoms with Crippen molar-refractivity contribution in [3.05, 3.63) is 65.2 Å². The number of fused-ring (bicyclic) bond motifs is 4. The van der Waals surface area contributed by atoms with Crippen LogP contribution in [-0.2, 0) is 31.0 Å². The number of hydrogen-bond acceptors (Lipinski definition) is 7. The van der Waals surface area contributed by atoms with Crippen molar-refractivity contribution in [3.63, 3.8) is 0 Å². The molecule has 4 fully saturated rings.